The van der Waals surface area contributed by atoms with Crippen molar-refractivity contribution < 1.29 is 35.1 Å². The third kappa shape index (κ3) is 4.68. The Morgan fingerprint density at radius 2 is 1.48 bits per heavy atom. The Morgan fingerprint density at radius 3 is 1.91 bits per heavy atom. The minimum Gasteiger partial charge on any atom is -0.303 e. The number of nitrogens with one attached hydrogen (secondary N) is 1. The van der Waals surface area contributed by atoms with Gasteiger partial charge in [0.1, 0.15) is 0 Å². The van der Waals surface area contributed by atoms with Gasteiger partial charge in [0, 0.05) is 19.0 Å². The SMILES string of the molecule is CCC(C)C(F)(F)CC(F)(F)C(F)(F)CC(F)(F)N1CCNC1. The number of hydrogen-bond donors (Lipinski definition) is 1. The van der Waals surface area contributed by atoms with Gasteiger partial charge in [0.15, 0.2) is 0 Å². The molecular weight excluding hydrogens is 336 g/mol. The monoisotopic (exact) mass is 356 g/mol. The van der Waals surface area contributed by atoms with Gasteiger partial charge in [0.2, 0.25) is 0 Å². The molecular formula is C13H20F8N2. The van der Waals surface area contributed by atoms with Crippen molar-refractivity contribution in [1.29, 1.82) is 0 Å². The predicted molar refractivity (Wildman–Crippen MR) is 68.1 cm³/mol. The van der Waals surface area contributed by atoms with Crippen molar-refractivity contribution in [1.82, 2.24) is 10.2 Å². The van der Waals surface area contributed by atoms with Gasteiger partial charge < -0.3 is 5.32 Å². The summed E-state index contributed by atoms with van der Waals surface area (Å²) in [5.41, 5.74) is 0. The summed E-state index contributed by atoms with van der Waals surface area (Å²) in [7, 11) is 0. The minimum atomic E-state index is -5.25. The lowest BCUT2D eigenvalue weighted by molar-refractivity contribution is -0.283. The summed E-state index contributed by atoms with van der Waals surface area (Å²) in [5, 5.41) is 2.46. The highest BCUT2D eigenvalue weighted by Gasteiger charge is 2.64. The van der Waals surface area contributed by atoms with E-state index in [1.807, 2.05) is 0 Å². The van der Waals surface area contributed by atoms with Gasteiger partial charge in [0.25, 0.3) is 5.92 Å². The van der Waals surface area contributed by atoms with E-state index in [2.05, 4.69) is 5.32 Å². The van der Waals surface area contributed by atoms with Crippen LogP contribution in [0.5, 0.6) is 0 Å². The molecule has 0 bridgehead atoms. The second-order valence-electron chi connectivity index (χ2n) is 5.92. The first-order valence-corrected chi connectivity index (χ1v) is 7.22. The standard InChI is InChI=1S/C13H20F8N2/c1-3-9(2)10(14,15)6-11(16,17)12(18,19)7-13(20,21)23-5-4-22-8-23/h9,22H,3-8H2,1-2H3. The molecule has 1 atom stereocenters. The molecule has 0 radical (unpaired) electrons. The zero-order chi connectivity index (χ0) is 18.1. The van der Waals surface area contributed by atoms with Gasteiger partial charge in [0.05, 0.1) is 19.5 Å². The molecule has 23 heavy (non-hydrogen) atoms. The van der Waals surface area contributed by atoms with E-state index in [0.29, 0.717) is 0 Å². The number of alkyl halides is 8. The molecule has 1 aliphatic rings. The molecule has 1 aliphatic heterocycles. The van der Waals surface area contributed by atoms with Crippen LogP contribution < -0.4 is 5.32 Å². The molecule has 10 heteroatoms. The normalized spacial score (nSPS) is 20.1. The van der Waals surface area contributed by atoms with Crippen molar-refractivity contribution in [2.45, 2.75) is 56.9 Å². The average Bonchev–Trinajstić information content (AvgIpc) is 2.89. The Morgan fingerprint density at radius 1 is 0.957 bits per heavy atom. The lowest BCUT2D eigenvalue weighted by Gasteiger charge is -2.35. The Labute approximate surface area is 129 Å². The van der Waals surface area contributed by atoms with Crippen LogP contribution in [-0.2, 0) is 0 Å². The molecule has 0 aliphatic carbocycles. The van der Waals surface area contributed by atoms with Crippen LogP contribution in [-0.4, -0.2) is 48.5 Å². The van der Waals surface area contributed by atoms with Crippen molar-refractivity contribution in [3.8, 4) is 0 Å². The van der Waals surface area contributed by atoms with E-state index in [1.54, 1.807) is 0 Å². The zero-order valence-corrected chi connectivity index (χ0v) is 12.8. The third-order valence-electron chi connectivity index (χ3n) is 4.08. The Bertz CT molecular complexity index is 393. The van der Waals surface area contributed by atoms with Crippen molar-refractivity contribution in [2.75, 3.05) is 19.8 Å². The highest BCUT2D eigenvalue weighted by molar-refractivity contribution is 4.94. The number of hydrogen-bond acceptors (Lipinski definition) is 2. The van der Waals surface area contributed by atoms with E-state index >= 15 is 0 Å². The minimum absolute atomic E-state index is 0.101. The van der Waals surface area contributed by atoms with Crippen LogP contribution in [0, 0.1) is 5.92 Å². The summed E-state index contributed by atoms with van der Waals surface area (Å²) >= 11 is 0. The maximum Gasteiger partial charge on any atom is 0.317 e. The Hall–Kier alpha value is -0.640. The van der Waals surface area contributed by atoms with Crippen LogP contribution in [0.3, 0.4) is 0 Å². The molecule has 1 N–H and O–H groups in total. The fourth-order valence-corrected chi connectivity index (χ4v) is 2.19. The molecule has 0 aromatic carbocycles. The molecule has 1 fully saturated rings. The fraction of sp³-hybridized carbons (Fsp3) is 1.00. The first-order chi connectivity index (χ1) is 10.3. The van der Waals surface area contributed by atoms with Crippen LogP contribution in [0.25, 0.3) is 0 Å². The smallest absolute Gasteiger partial charge is 0.303 e. The molecule has 0 saturated carbocycles. The lowest BCUT2D eigenvalue weighted by Crippen LogP contribution is -2.52. The van der Waals surface area contributed by atoms with E-state index in [4.69, 9.17) is 0 Å². The first kappa shape index (κ1) is 20.4. The molecule has 0 aromatic rings. The summed E-state index contributed by atoms with van der Waals surface area (Å²) < 4.78 is 109. The Balaban J connectivity index is 2.87. The fourth-order valence-electron chi connectivity index (χ4n) is 2.19. The van der Waals surface area contributed by atoms with Gasteiger partial charge >= 0.3 is 17.9 Å². The van der Waals surface area contributed by atoms with Crippen molar-refractivity contribution in [3.05, 3.63) is 0 Å². The van der Waals surface area contributed by atoms with E-state index in [1.165, 1.54) is 6.92 Å². The maximum atomic E-state index is 13.7. The van der Waals surface area contributed by atoms with E-state index < -0.39 is 49.2 Å². The van der Waals surface area contributed by atoms with E-state index in [9.17, 15) is 35.1 Å². The molecule has 2 nitrogen and oxygen atoms in total. The highest BCUT2D eigenvalue weighted by atomic mass is 19.3. The van der Waals surface area contributed by atoms with Gasteiger partial charge in [-0.2, -0.15) is 26.3 Å². The zero-order valence-electron chi connectivity index (χ0n) is 12.8. The van der Waals surface area contributed by atoms with Gasteiger partial charge in [-0.05, 0) is 6.42 Å². The predicted octanol–water partition coefficient (Wildman–Crippen LogP) is 4.17. The summed E-state index contributed by atoms with van der Waals surface area (Å²) in [5.74, 6) is -16.1. The van der Waals surface area contributed by atoms with Crippen LogP contribution in [0.1, 0.15) is 33.1 Å². The molecule has 0 spiro atoms. The molecule has 1 saturated heterocycles. The quantitative estimate of drug-likeness (QED) is 0.519. The van der Waals surface area contributed by atoms with Crippen molar-refractivity contribution in [3.63, 3.8) is 0 Å². The van der Waals surface area contributed by atoms with E-state index in [-0.39, 0.29) is 24.4 Å². The van der Waals surface area contributed by atoms with Crippen molar-refractivity contribution in [2.24, 2.45) is 5.92 Å². The largest absolute Gasteiger partial charge is 0.317 e. The van der Waals surface area contributed by atoms with Crippen LogP contribution >= 0.6 is 0 Å². The highest BCUT2D eigenvalue weighted by Crippen LogP contribution is 2.49. The summed E-state index contributed by atoms with van der Waals surface area (Å²) in [4.78, 5) is 0.282. The van der Waals surface area contributed by atoms with Gasteiger partial charge in [-0.25, -0.2) is 13.7 Å². The Kier molecular flexibility index (Phi) is 5.94. The molecule has 138 valence electrons. The molecule has 1 rings (SSSR count). The molecule has 1 unspecified atom stereocenters. The van der Waals surface area contributed by atoms with Crippen LogP contribution in [0.15, 0.2) is 0 Å². The average molecular weight is 356 g/mol. The van der Waals surface area contributed by atoms with Crippen molar-refractivity contribution >= 4 is 0 Å². The van der Waals surface area contributed by atoms with Gasteiger partial charge in [-0.3, -0.25) is 0 Å². The van der Waals surface area contributed by atoms with Crippen LogP contribution in [0.4, 0.5) is 35.1 Å². The molecule has 0 amide bonds. The van der Waals surface area contributed by atoms with Gasteiger partial charge in [-0.1, -0.05) is 13.8 Å². The summed E-state index contributed by atoms with van der Waals surface area (Å²) in [6.07, 6.45) is -5.17. The summed E-state index contributed by atoms with van der Waals surface area (Å²) in [6, 6.07) is -4.22. The second kappa shape index (κ2) is 6.70. The maximum absolute atomic E-state index is 13.7. The van der Waals surface area contributed by atoms with Gasteiger partial charge in [-0.15, -0.1) is 0 Å². The second-order valence-corrected chi connectivity index (χ2v) is 5.92. The third-order valence-corrected chi connectivity index (χ3v) is 4.08. The molecule has 0 aromatic heterocycles. The topological polar surface area (TPSA) is 15.3 Å². The molecule has 1 heterocycles. The number of nitrogens with zero attached hydrogens (tertiary/aromatic N) is 1. The van der Waals surface area contributed by atoms with Crippen LogP contribution in [0.2, 0.25) is 0 Å². The lowest BCUT2D eigenvalue weighted by atomic mass is 9.91. The number of halogens is 8. The summed E-state index contributed by atoms with van der Waals surface area (Å²) in [6.45, 7) is 1.61. The first-order valence-electron chi connectivity index (χ1n) is 7.22. The number of rotatable bonds is 8. The van der Waals surface area contributed by atoms with E-state index in [0.717, 1.165) is 6.92 Å².